The van der Waals surface area contributed by atoms with Crippen LogP contribution in [0.3, 0.4) is 0 Å². The van der Waals surface area contributed by atoms with Crippen LogP contribution in [0.15, 0.2) is 18.2 Å². The van der Waals surface area contributed by atoms with Gasteiger partial charge >= 0.3 is 0 Å². The molecule has 0 heterocycles. The Morgan fingerprint density at radius 3 is 2.83 bits per heavy atom. The number of rotatable bonds is 6. The van der Waals surface area contributed by atoms with Gasteiger partial charge in [0.25, 0.3) is 0 Å². The fourth-order valence-electron chi connectivity index (χ4n) is 2.34. The number of nitrogens with one attached hydrogen (secondary N) is 1. The Kier molecular flexibility index (Phi) is 4.87. The van der Waals surface area contributed by atoms with Gasteiger partial charge in [-0.2, -0.15) is 0 Å². The minimum absolute atomic E-state index is 0.438. The van der Waals surface area contributed by atoms with Crippen LogP contribution in [0.25, 0.3) is 0 Å². The van der Waals surface area contributed by atoms with Gasteiger partial charge in [0.05, 0.1) is 7.11 Å². The molecular weight excluding hydrogens is 248 g/mol. The third-order valence-electron chi connectivity index (χ3n) is 3.54. The van der Waals surface area contributed by atoms with Crippen molar-refractivity contribution in [1.29, 1.82) is 0 Å². The van der Waals surface area contributed by atoms with Crippen LogP contribution in [0.4, 0.5) is 0 Å². The molecule has 18 heavy (non-hydrogen) atoms. The maximum atomic E-state index is 6.18. The summed E-state index contributed by atoms with van der Waals surface area (Å²) in [4.78, 5) is 0. The highest BCUT2D eigenvalue weighted by atomic mass is 35.5. The van der Waals surface area contributed by atoms with Crippen LogP contribution in [0, 0.1) is 5.92 Å². The van der Waals surface area contributed by atoms with Crippen LogP contribution < -0.4 is 15.8 Å². The van der Waals surface area contributed by atoms with Gasteiger partial charge < -0.3 is 15.8 Å². The van der Waals surface area contributed by atoms with E-state index in [1.54, 1.807) is 7.11 Å². The zero-order valence-electron chi connectivity index (χ0n) is 10.8. The van der Waals surface area contributed by atoms with Crippen molar-refractivity contribution in [3.05, 3.63) is 28.8 Å². The smallest absolute Gasteiger partial charge is 0.120 e. The molecule has 0 aliphatic heterocycles. The van der Waals surface area contributed by atoms with Crippen molar-refractivity contribution in [2.75, 3.05) is 20.2 Å². The summed E-state index contributed by atoms with van der Waals surface area (Å²) in [5.41, 5.74) is 6.92. The van der Waals surface area contributed by atoms with E-state index >= 15 is 0 Å². The molecule has 1 fully saturated rings. The van der Waals surface area contributed by atoms with Crippen LogP contribution in [-0.2, 0) is 6.42 Å². The second-order valence-corrected chi connectivity index (χ2v) is 5.42. The largest absolute Gasteiger partial charge is 0.497 e. The molecule has 0 radical (unpaired) electrons. The van der Waals surface area contributed by atoms with E-state index in [9.17, 15) is 0 Å². The van der Waals surface area contributed by atoms with Crippen molar-refractivity contribution in [2.45, 2.75) is 25.3 Å². The monoisotopic (exact) mass is 268 g/mol. The van der Waals surface area contributed by atoms with Crippen molar-refractivity contribution in [2.24, 2.45) is 11.7 Å². The van der Waals surface area contributed by atoms with Crippen molar-refractivity contribution in [1.82, 2.24) is 5.32 Å². The molecule has 0 aromatic heterocycles. The standard InChI is InChI=1S/C14H21ClN2O/c1-18-13-3-2-11(14(15)8-13)4-5-17-9-10-6-12(16)7-10/h2-3,8,10,12,17H,4-7,9,16H2,1H3. The summed E-state index contributed by atoms with van der Waals surface area (Å²) < 4.78 is 5.13. The predicted molar refractivity (Wildman–Crippen MR) is 75.3 cm³/mol. The van der Waals surface area contributed by atoms with Crippen LogP contribution in [-0.4, -0.2) is 26.2 Å². The normalized spacial score (nSPS) is 22.6. The lowest BCUT2D eigenvalue weighted by Gasteiger charge is -2.32. The molecule has 1 saturated carbocycles. The molecule has 3 N–H and O–H groups in total. The van der Waals surface area contributed by atoms with E-state index in [-0.39, 0.29) is 0 Å². The SMILES string of the molecule is COc1ccc(CCNCC2CC(N)C2)c(Cl)c1. The molecule has 0 spiro atoms. The minimum atomic E-state index is 0.438. The summed E-state index contributed by atoms with van der Waals surface area (Å²) in [6.07, 6.45) is 3.27. The zero-order valence-corrected chi connectivity index (χ0v) is 11.5. The summed E-state index contributed by atoms with van der Waals surface area (Å²) in [7, 11) is 1.65. The van der Waals surface area contributed by atoms with E-state index in [0.717, 1.165) is 54.6 Å². The Bertz CT molecular complexity index is 391. The maximum Gasteiger partial charge on any atom is 0.120 e. The van der Waals surface area contributed by atoms with Crippen molar-refractivity contribution in [3.63, 3.8) is 0 Å². The van der Waals surface area contributed by atoms with E-state index in [1.807, 2.05) is 18.2 Å². The molecule has 1 aliphatic rings. The Morgan fingerprint density at radius 1 is 1.44 bits per heavy atom. The second kappa shape index (κ2) is 6.41. The Morgan fingerprint density at radius 2 is 2.22 bits per heavy atom. The van der Waals surface area contributed by atoms with Crippen molar-refractivity contribution < 1.29 is 4.74 Å². The number of nitrogens with two attached hydrogens (primary N) is 1. The van der Waals surface area contributed by atoms with Gasteiger partial charge in [-0.05, 0) is 56.0 Å². The maximum absolute atomic E-state index is 6.18. The van der Waals surface area contributed by atoms with Gasteiger partial charge in [-0.3, -0.25) is 0 Å². The molecule has 1 aromatic rings. The topological polar surface area (TPSA) is 47.3 Å². The number of hydrogen-bond acceptors (Lipinski definition) is 3. The van der Waals surface area contributed by atoms with E-state index in [2.05, 4.69) is 5.32 Å². The molecule has 1 aliphatic carbocycles. The number of ether oxygens (including phenoxy) is 1. The molecule has 0 saturated heterocycles. The average Bonchev–Trinajstić information content (AvgIpc) is 2.33. The molecule has 0 atom stereocenters. The van der Waals surface area contributed by atoms with E-state index in [4.69, 9.17) is 22.1 Å². The molecule has 1 aromatic carbocycles. The Labute approximate surface area is 114 Å². The molecule has 3 nitrogen and oxygen atoms in total. The lowest BCUT2D eigenvalue weighted by atomic mass is 9.81. The Hall–Kier alpha value is -0.770. The minimum Gasteiger partial charge on any atom is -0.497 e. The molecule has 100 valence electrons. The first-order valence-electron chi connectivity index (χ1n) is 6.47. The summed E-state index contributed by atoms with van der Waals surface area (Å²) in [6, 6.07) is 6.28. The van der Waals surface area contributed by atoms with Gasteiger partial charge in [0.2, 0.25) is 0 Å². The first kappa shape index (κ1) is 13.7. The van der Waals surface area contributed by atoms with Gasteiger partial charge in [0, 0.05) is 11.1 Å². The van der Waals surface area contributed by atoms with Gasteiger partial charge in [-0.15, -0.1) is 0 Å². The van der Waals surface area contributed by atoms with Crippen LogP contribution in [0.1, 0.15) is 18.4 Å². The third kappa shape index (κ3) is 3.61. The quantitative estimate of drug-likeness (QED) is 0.778. The Balaban J connectivity index is 1.69. The fourth-order valence-corrected chi connectivity index (χ4v) is 2.61. The fraction of sp³-hybridized carbons (Fsp3) is 0.571. The van der Waals surface area contributed by atoms with E-state index in [0.29, 0.717) is 6.04 Å². The average molecular weight is 269 g/mol. The highest BCUT2D eigenvalue weighted by Crippen LogP contribution is 2.25. The summed E-state index contributed by atoms with van der Waals surface area (Å²) in [5, 5.41) is 4.25. The molecular formula is C14H21ClN2O. The summed E-state index contributed by atoms with van der Waals surface area (Å²) >= 11 is 6.18. The predicted octanol–water partition coefficient (Wildman–Crippen LogP) is 2.22. The third-order valence-corrected chi connectivity index (χ3v) is 3.89. The van der Waals surface area contributed by atoms with Crippen LogP contribution >= 0.6 is 11.6 Å². The van der Waals surface area contributed by atoms with Gasteiger partial charge in [0.15, 0.2) is 0 Å². The number of halogens is 1. The van der Waals surface area contributed by atoms with Crippen molar-refractivity contribution >= 4 is 11.6 Å². The molecule has 2 rings (SSSR count). The number of benzene rings is 1. The highest BCUT2D eigenvalue weighted by Gasteiger charge is 2.24. The number of hydrogen-bond donors (Lipinski definition) is 2. The first-order chi connectivity index (χ1) is 8.69. The lowest BCUT2D eigenvalue weighted by Crippen LogP contribution is -2.41. The van der Waals surface area contributed by atoms with Crippen LogP contribution in [0.5, 0.6) is 5.75 Å². The molecule has 4 heteroatoms. The second-order valence-electron chi connectivity index (χ2n) is 5.01. The summed E-state index contributed by atoms with van der Waals surface area (Å²) in [6.45, 7) is 2.03. The van der Waals surface area contributed by atoms with Gasteiger partial charge in [-0.1, -0.05) is 17.7 Å². The first-order valence-corrected chi connectivity index (χ1v) is 6.85. The summed E-state index contributed by atoms with van der Waals surface area (Å²) in [5.74, 6) is 1.58. The lowest BCUT2D eigenvalue weighted by molar-refractivity contribution is 0.257. The van der Waals surface area contributed by atoms with E-state index in [1.165, 1.54) is 0 Å². The highest BCUT2D eigenvalue weighted by molar-refractivity contribution is 6.31. The number of methoxy groups -OCH3 is 1. The molecule has 0 amide bonds. The molecule has 0 unspecified atom stereocenters. The zero-order chi connectivity index (χ0) is 13.0. The van der Waals surface area contributed by atoms with Crippen molar-refractivity contribution in [3.8, 4) is 5.75 Å². The van der Waals surface area contributed by atoms with E-state index < -0.39 is 0 Å². The van der Waals surface area contributed by atoms with Gasteiger partial charge in [-0.25, -0.2) is 0 Å². The van der Waals surface area contributed by atoms with Gasteiger partial charge in [0.1, 0.15) is 5.75 Å². The van der Waals surface area contributed by atoms with Crippen LogP contribution in [0.2, 0.25) is 5.02 Å². The molecule has 0 bridgehead atoms.